The van der Waals surface area contributed by atoms with E-state index in [0.29, 0.717) is 0 Å². The summed E-state index contributed by atoms with van der Waals surface area (Å²) in [6, 6.07) is 9.89. The van der Waals surface area contributed by atoms with Crippen molar-refractivity contribution in [2.24, 2.45) is 0 Å². The van der Waals surface area contributed by atoms with Crippen LogP contribution in [-0.4, -0.2) is 63.2 Å². The maximum absolute atomic E-state index is 12.8. The Kier molecular flexibility index (Phi) is 4.04. The van der Waals surface area contributed by atoms with Crippen LogP contribution in [0.25, 0.3) is 10.9 Å². The van der Waals surface area contributed by atoms with E-state index >= 15 is 0 Å². The molecule has 0 saturated carbocycles. The average molecular weight is 323 g/mol. The number of aromatic nitrogens is 3. The van der Waals surface area contributed by atoms with Crippen LogP contribution < -0.4 is 0 Å². The molecule has 3 aromatic rings. The molecule has 1 aliphatic rings. The van der Waals surface area contributed by atoms with Crippen LogP contribution in [0.1, 0.15) is 10.4 Å². The number of rotatable bonds is 4. The molecule has 0 spiro atoms. The zero-order chi connectivity index (χ0) is 16.4. The highest BCUT2D eigenvalue weighted by atomic mass is 16.2. The van der Waals surface area contributed by atoms with Crippen molar-refractivity contribution in [3.05, 3.63) is 54.5 Å². The number of fused-ring (bicyclic) bond motifs is 1. The van der Waals surface area contributed by atoms with Crippen LogP contribution in [0.15, 0.2) is 48.9 Å². The van der Waals surface area contributed by atoms with Gasteiger partial charge >= 0.3 is 0 Å². The number of piperazine rings is 1. The number of carbonyl (C=O) groups is 1. The van der Waals surface area contributed by atoms with Crippen molar-refractivity contribution in [2.75, 3.05) is 32.7 Å². The van der Waals surface area contributed by atoms with Crippen molar-refractivity contribution in [3.8, 4) is 0 Å². The third kappa shape index (κ3) is 2.92. The van der Waals surface area contributed by atoms with E-state index in [-0.39, 0.29) is 5.91 Å². The molecule has 1 aliphatic heterocycles. The van der Waals surface area contributed by atoms with Gasteiger partial charge in [-0.1, -0.05) is 18.2 Å². The molecular formula is C18H21N5O. The molecule has 0 bridgehead atoms. The Balaban J connectivity index is 1.36. The second-order valence-electron chi connectivity index (χ2n) is 6.15. The van der Waals surface area contributed by atoms with E-state index in [1.807, 2.05) is 52.3 Å². The lowest BCUT2D eigenvalue weighted by molar-refractivity contribution is 0.0634. The molecule has 6 heteroatoms. The molecule has 3 heterocycles. The van der Waals surface area contributed by atoms with Gasteiger partial charge in [-0.25, -0.2) is 0 Å². The molecule has 1 aromatic carbocycles. The number of nitrogens with one attached hydrogen (secondary N) is 1. The van der Waals surface area contributed by atoms with E-state index in [0.717, 1.165) is 55.7 Å². The number of amides is 1. The summed E-state index contributed by atoms with van der Waals surface area (Å²) >= 11 is 0. The van der Waals surface area contributed by atoms with Gasteiger partial charge in [-0.3, -0.25) is 14.4 Å². The summed E-state index contributed by atoms with van der Waals surface area (Å²) in [5, 5.41) is 5.23. The number of nitrogens with zero attached hydrogens (tertiary/aromatic N) is 4. The standard InChI is InChI=1S/C18H21N5O/c24-18(16-14-19-17-5-2-1-4-15(16)17)22-11-8-21(9-12-22)10-13-23-7-3-6-20-23/h1-7,14,19H,8-13H2. The third-order valence-electron chi connectivity index (χ3n) is 4.68. The van der Waals surface area contributed by atoms with Gasteiger partial charge in [0.05, 0.1) is 12.1 Å². The first-order chi connectivity index (χ1) is 11.8. The largest absolute Gasteiger partial charge is 0.360 e. The number of carbonyl (C=O) groups excluding carboxylic acids is 1. The highest BCUT2D eigenvalue weighted by molar-refractivity contribution is 6.06. The minimum absolute atomic E-state index is 0.124. The molecular weight excluding hydrogens is 302 g/mol. The topological polar surface area (TPSA) is 57.2 Å². The molecule has 1 N–H and O–H groups in total. The summed E-state index contributed by atoms with van der Waals surface area (Å²) in [7, 11) is 0. The second kappa shape index (κ2) is 6.49. The SMILES string of the molecule is O=C(c1c[nH]c2ccccc12)N1CCN(CCn2cccn2)CC1. The van der Waals surface area contributed by atoms with Gasteiger partial charge in [0.2, 0.25) is 0 Å². The summed E-state index contributed by atoms with van der Waals surface area (Å²) < 4.78 is 1.95. The fourth-order valence-corrected chi connectivity index (χ4v) is 3.27. The first kappa shape index (κ1) is 15.0. The lowest BCUT2D eigenvalue weighted by Crippen LogP contribution is -2.49. The summed E-state index contributed by atoms with van der Waals surface area (Å²) in [4.78, 5) is 20.3. The van der Waals surface area contributed by atoms with E-state index in [4.69, 9.17) is 0 Å². The van der Waals surface area contributed by atoms with Crippen LogP contribution in [0.2, 0.25) is 0 Å². The monoisotopic (exact) mass is 323 g/mol. The Hall–Kier alpha value is -2.60. The number of aromatic amines is 1. The van der Waals surface area contributed by atoms with Gasteiger partial charge in [-0.05, 0) is 12.1 Å². The zero-order valence-electron chi connectivity index (χ0n) is 13.6. The van der Waals surface area contributed by atoms with Crippen LogP contribution in [0.4, 0.5) is 0 Å². The van der Waals surface area contributed by atoms with E-state index in [2.05, 4.69) is 15.0 Å². The van der Waals surface area contributed by atoms with Crippen LogP contribution in [0, 0.1) is 0 Å². The minimum atomic E-state index is 0.124. The summed E-state index contributed by atoms with van der Waals surface area (Å²) in [5.41, 5.74) is 1.79. The van der Waals surface area contributed by atoms with Crippen molar-refractivity contribution in [1.29, 1.82) is 0 Å². The van der Waals surface area contributed by atoms with Crippen LogP contribution >= 0.6 is 0 Å². The van der Waals surface area contributed by atoms with Crippen LogP contribution in [0.3, 0.4) is 0 Å². The predicted molar refractivity (Wildman–Crippen MR) is 92.9 cm³/mol. The van der Waals surface area contributed by atoms with Crippen molar-refractivity contribution in [3.63, 3.8) is 0 Å². The van der Waals surface area contributed by atoms with E-state index in [1.165, 1.54) is 0 Å². The predicted octanol–water partition coefficient (Wildman–Crippen LogP) is 1.82. The molecule has 1 saturated heterocycles. The van der Waals surface area contributed by atoms with Crippen molar-refractivity contribution < 1.29 is 4.79 Å². The van der Waals surface area contributed by atoms with Crippen molar-refractivity contribution >= 4 is 16.8 Å². The van der Waals surface area contributed by atoms with Crippen molar-refractivity contribution in [2.45, 2.75) is 6.54 Å². The van der Waals surface area contributed by atoms with Crippen LogP contribution in [-0.2, 0) is 6.54 Å². The number of hydrogen-bond acceptors (Lipinski definition) is 3. The van der Waals surface area contributed by atoms with Crippen molar-refractivity contribution in [1.82, 2.24) is 24.6 Å². The molecule has 1 fully saturated rings. The third-order valence-corrected chi connectivity index (χ3v) is 4.68. The second-order valence-corrected chi connectivity index (χ2v) is 6.15. The molecule has 0 radical (unpaired) electrons. The molecule has 0 atom stereocenters. The van der Waals surface area contributed by atoms with Gasteiger partial charge in [0.1, 0.15) is 0 Å². The zero-order valence-corrected chi connectivity index (χ0v) is 13.6. The first-order valence-corrected chi connectivity index (χ1v) is 8.36. The highest BCUT2D eigenvalue weighted by Crippen LogP contribution is 2.20. The van der Waals surface area contributed by atoms with Gasteiger partial charge < -0.3 is 9.88 Å². The van der Waals surface area contributed by atoms with E-state index < -0.39 is 0 Å². The Morgan fingerprint density at radius 1 is 1.08 bits per heavy atom. The molecule has 0 unspecified atom stereocenters. The molecule has 6 nitrogen and oxygen atoms in total. The molecule has 1 amide bonds. The van der Waals surface area contributed by atoms with Gasteiger partial charge in [0.25, 0.3) is 5.91 Å². The average Bonchev–Trinajstić information content (AvgIpc) is 3.29. The fourth-order valence-electron chi connectivity index (χ4n) is 3.27. The van der Waals surface area contributed by atoms with Gasteiger partial charge in [-0.15, -0.1) is 0 Å². The summed E-state index contributed by atoms with van der Waals surface area (Å²) in [6.07, 6.45) is 5.62. The molecule has 4 rings (SSSR count). The van der Waals surface area contributed by atoms with Gasteiger partial charge in [-0.2, -0.15) is 5.10 Å². The van der Waals surface area contributed by atoms with Gasteiger partial charge in [0, 0.05) is 62.2 Å². The maximum atomic E-state index is 12.8. The number of hydrogen-bond donors (Lipinski definition) is 1. The smallest absolute Gasteiger partial charge is 0.256 e. The lowest BCUT2D eigenvalue weighted by Gasteiger charge is -2.34. The fraction of sp³-hybridized carbons (Fsp3) is 0.333. The summed E-state index contributed by atoms with van der Waals surface area (Å²) in [5.74, 6) is 0.124. The Labute approximate surface area is 140 Å². The Bertz CT molecular complexity index is 815. The number of benzene rings is 1. The minimum Gasteiger partial charge on any atom is -0.360 e. The quantitative estimate of drug-likeness (QED) is 0.797. The van der Waals surface area contributed by atoms with E-state index in [9.17, 15) is 4.79 Å². The normalized spacial score (nSPS) is 15.9. The highest BCUT2D eigenvalue weighted by Gasteiger charge is 2.23. The summed E-state index contributed by atoms with van der Waals surface area (Å²) in [6.45, 7) is 5.24. The number of H-pyrrole nitrogens is 1. The number of para-hydroxylation sites is 1. The molecule has 0 aliphatic carbocycles. The van der Waals surface area contributed by atoms with Crippen LogP contribution in [0.5, 0.6) is 0 Å². The Morgan fingerprint density at radius 2 is 1.92 bits per heavy atom. The Morgan fingerprint density at radius 3 is 2.71 bits per heavy atom. The molecule has 24 heavy (non-hydrogen) atoms. The maximum Gasteiger partial charge on any atom is 0.256 e. The lowest BCUT2D eigenvalue weighted by atomic mass is 10.1. The first-order valence-electron chi connectivity index (χ1n) is 8.36. The molecule has 124 valence electrons. The van der Waals surface area contributed by atoms with Gasteiger partial charge in [0.15, 0.2) is 0 Å². The molecule has 2 aromatic heterocycles. The van der Waals surface area contributed by atoms with E-state index in [1.54, 1.807) is 6.20 Å².